The van der Waals surface area contributed by atoms with Crippen LogP contribution in [0.3, 0.4) is 0 Å². The standard InChI is InChI=1S/C27H27N3O4S/c31-23(16-17-24(32)34-19-18-20-10-4-1-5-11-20)28-27(35)30-29-26(33)25(21-12-6-2-7-13-21)22-14-8-3-9-15-22/h1-15,25H,16-19H2,(H,29,33)(H2,28,30,31,35). The summed E-state index contributed by atoms with van der Waals surface area (Å²) in [5.41, 5.74) is 7.82. The molecule has 3 N–H and O–H groups in total. The maximum atomic E-state index is 12.9. The Labute approximate surface area is 209 Å². The Morgan fingerprint density at radius 3 is 1.86 bits per heavy atom. The van der Waals surface area contributed by atoms with Crippen molar-refractivity contribution in [2.75, 3.05) is 6.61 Å². The highest BCUT2D eigenvalue weighted by Gasteiger charge is 2.22. The number of hydrogen-bond donors (Lipinski definition) is 3. The Morgan fingerprint density at radius 1 is 0.743 bits per heavy atom. The Morgan fingerprint density at radius 2 is 1.29 bits per heavy atom. The SMILES string of the molecule is O=C(CCC(=O)OCCc1ccccc1)NC(=S)NNC(=O)C(c1ccccc1)c1ccccc1. The van der Waals surface area contributed by atoms with Crippen LogP contribution in [0.2, 0.25) is 0 Å². The topological polar surface area (TPSA) is 96.5 Å². The van der Waals surface area contributed by atoms with Crippen LogP contribution in [0.15, 0.2) is 91.0 Å². The molecule has 35 heavy (non-hydrogen) atoms. The molecule has 0 radical (unpaired) electrons. The highest BCUT2D eigenvalue weighted by molar-refractivity contribution is 7.80. The van der Waals surface area contributed by atoms with Crippen LogP contribution in [-0.2, 0) is 25.5 Å². The molecule has 0 heterocycles. The van der Waals surface area contributed by atoms with Gasteiger partial charge in [0.2, 0.25) is 11.8 Å². The molecule has 3 aromatic rings. The predicted molar refractivity (Wildman–Crippen MR) is 137 cm³/mol. The fourth-order valence-electron chi connectivity index (χ4n) is 3.41. The summed E-state index contributed by atoms with van der Waals surface area (Å²) in [7, 11) is 0. The van der Waals surface area contributed by atoms with Crippen molar-refractivity contribution in [2.45, 2.75) is 25.2 Å². The van der Waals surface area contributed by atoms with E-state index >= 15 is 0 Å². The number of nitrogens with one attached hydrogen (secondary N) is 3. The van der Waals surface area contributed by atoms with Gasteiger partial charge in [0.15, 0.2) is 5.11 Å². The second kappa shape index (κ2) is 13.6. The minimum atomic E-state index is -0.561. The molecule has 0 aliphatic rings. The molecule has 0 aromatic heterocycles. The van der Waals surface area contributed by atoms with Crippen LogP contribution in [-0.4, -0.2) is 29.5 Å². The minimum Gasteiger partial charge on any atom is -0.465 e. The van der Waals surface area contributed by atoms with Crippen LogP contribution in [0, 0.1) is 0 Å². The zero-order valence-corrected chi connectivity index (χ0v) is 19.9. The molecule has 3 rings (SSSR count). The van der Waals surface area contributed by atoms with E-state index in [0.29, 0.717) is 6.42 Å². The van der Waals surface area contributed by atoms with Gasteiger partial charge in [-0.3, -0.25) is 25.2 Å². The van der Waals surface area contributed by atoms with Crippen molar-refractivity contribution in [2.24, 2.45) is 0 Å². The smallest absolute Gasteiger partial charge is 0.306 e. The molecular formula is C27H27N3O4S. The fourth-order valence-corrected chi connectivity index (χ4v) is 3.58. The largest absolute Gasteiger partial charge is 0.465 e. The lowest BCUT2D eigenvalue weighted by Gasteiger charge is -2.19. The third kappa shape index (κ3) is 8.68. The Bertz CT molecular complexity index is 1090. The normalized spacial score (nSPS) is 10.3. The number of esters is 1. The van der Waals surface area contributed by atoms with Gasteiger partial charge in [-0.2, -0.15) is 0 Å². The summed E-state index contributed by atoms with van der Waals surface area (Å²) >= 11 is 5.10. The van der Waals surface area contributed by atoms with Crippen molar-refractivity contribution < 1.29 is 19.1 Å². The van der Waals surface area contributed by atoms with E-state index < -0.39 is 17.8 Å². The number of rotatable bonds is 9. The Kier molecular flexibility index (Phi) is 9.95. The van der Waals surface area contributed by atoms with Gasteiger partial charge in [0.1, 0.15) is 0 Å². The molecule has 0 aliphatic heterocycles. The molecule has 8 heteroatoms. The molecule has 0 aliphatic carbocycles. The number of amides is 2. The zero-order chi connectivity index (χ0) is 24.9. The summed E-state index contributed by atoms with van der Waals surface area (Å²) in [5.74, 6) is -1.81. The lowest BCUT2D eigenvalue weighted by molar-refractivity contribution is -0.144. The van der Waals surface area contributed by atoms with Gasteiger partial charge in [0.25, 0.3) is 0 Å². The highest BCUT2D eigenvalue weighted by atomic mass is 32.1. The van der Waals surface area contributed by atoms with Gasteiger partial charge in [0.05, 0.1) is 18.9 Å². The number of hydrazine groups is 1. The fraction of sp³-hybridized carbons (Fsp3) is 0.185. The molecule has 0 saturated carbocycles. The molecule has 7 nitrogen and oxygen atoms in total. The monoisotopic (exact) mass is 489 g/mol. The first-order valence-electron chi connectivity index (χ1n) is 11.2. The third-order valence-electron chi connectivity index (χ3n) is 5.13. The van der Waals surface area contributed by atoms with Crippen molar-refractivity contribution in [3.8, 4) is 0 Å². The molecule has 0 unspecified atom stereocenters. The van der Waals surface area contributed by atoms with E-state index in [9.17, 15) is 14.4 Å². The first kappa shape index (κ1) is 25.6. The van der Waals surface area contributed by atoms with Gasteiger partial charge in [0, 0.05) is 12.8 Å². The number of carbonyl (C=O) groups excluding carboxylic acids is 3. The number of thiocarbonyl (C=S) groups is 1. The molecule has 3 aromatic carbocycles. The number of ether oxygens (including phenoxy) is 1. The molecular weight excluding hydrogens is 462 g/mol. The average molecular weight is 490 g/mol. The summed E-state index contributed by atoms with van der Waals surface area (Å²) in [6.07, 6.45) is 0.454. The van der Waals surface area contributed by atoms with Crippen LogP contribution in [0.4, 0.5) is 0 Å². The van der Waals surface area contributed by atoms with E-state index in [-0.39, 0.29) is 30.5 Å². The maximum Gasteiger partial charge on any atom is 0.306 e. The van der Waals surface area contributed by atoms with Gasteiger partial charge in [-0.25, -0.2) is 0 Å². The van der Waals surface area contributed by atoms with Gasteiger partial charge < -0.3 is 10.1 Å². The summed E-state index contributed by atoms with van der Waals surface area (Å²) in [5, 5.41) is 2.38. The molecule has 0 fully saturated rings. The molecule has 0 atom stereocenters. The summed E-state index contributed by atoms with van der Waals surface area (Å²) in [6.45, 7) is 0.250. The Hall–Kier alpha value is -4.04. The van der Waals surface area contributed by atoms with Crippen LogP contribution in [0.25, 0.3) is 0 Å². The summed E-state index contributed by atoms with van der Waals surface area (Å²) < 4.78 is 5.17. The quantitative estimate of drug-likeness (QED) is 0.242. The van der Waals surface area contributed by atoms with Crippen molar-refractivity contribution in [1.29, 1.82) is 0 Å². The second-order valence-corrected chi connectivity index (χ2v) is 8.11. The lowest BCUT2D eigenvalue weighted by Crippen LogP contribution is -2.49. The van der Waals surface area contributed by atoms with Crippen molar-refractivity contribution >= 4 is 35.1 Å². The molecule has 0 saturated heterocycles. The molecule has 0 bridgehead atoms. The maximum absolute atomic E-state index is 12.9. The van der Waals surface area contributed by atoms with E-state index in [1.54, 1.807) is 0 Å². The summed E-state index contributed by atoms with van der Waals surface area (Å²) in [4.78, 5) is 36.9. The highest BCUT2D eigenvalue weighted by Crippen LogP contribution is 2.24. The third-order valence-corrected chi connectivity index (χ3v) is 5.34. The lowest BCUT2D eigenvalue weighted by atomic mass is 9.91. The van der Waals surface area contributed by atoms with Crippen molar-refractivity contribution in [3.63, 3.8) is 0 Å². The van der Waals surface area contributed by atoms with Crippen LogP contribution < -0.4 is 16.2 Å². The van der Waals surface area contributed by atoms with Crippen LogP contribution in [0.1, 0.15) is 35.4 Å². The number of benzene rings is 3. The van der Waals surface area contributed by atoms with Crippen molar-refractivity contribution in [3.05, 3.63) is 108 Å². The van der Waals surface area contributed by atoms with E-state index in [1.807, 2.05) is 91.0 Å². The zero-order valence-electron chi connectivity index (χ0n) is 19.1. The van der Waals surface area contributed by atoms with E-state index in [4.69, 9.17) is 17.0 Å². The van der Waals surface area contributed by atoms with Crippen LogP contribution in [0.5, 0.6) is 0 Å². The number of hydrogen-bond acceptors (Lipinski definition) is 5. The first-order chi connectivity index (χ1) is 17.0. The second-order valence-electron chi connectivity index (χ2n) is 7.70. The minimum absolute atomic E-state index is 0.0688. The molecule has 180 valence electrons. The predicted octanol–water partition coefficient (Wildman–Crippen LogP) is 3.41. The average Bonchev–Trinajstić information content (AvgIpc) is 2.88. The summed E-state index contributed by atoms with van der Waals surface area (Å²) in [6, 6.07) is 28.4. The number of carbonyl (C=O) groups is 3. The van der Waals surface area contributed by atoms with Gasteiger partial charge in [-0.1, -0.05) is 91.0 Å². The molecule has 0 spiro atoms. The van der Waals surface area contributed by atoms with Gasteiger partial charge in [-0.05, 0) is 28.9 Å². The van der Waals surface area contributed by atoms with E-state index in [2.05, 4.69) is 16.2 Å². The van der Waals surface area contributed by atoms with E-state index in [1.165, 1.54) is 0 Å². The first-order valence-corrected chi connectivity index (χ1v) is 11.6. The van der Waals surface area contributed by atoms with Gasteiger partial charge in [-0.15, -0.1) is 0 Å². The van der Waals surface area contributed by atoms with E-state index in [0.717, 1.165) is 16.7 Å². The van der Waals surface area contributed by atoms with Gasteiger partial charge >= 0.3 is 5.97 Å². The van der Waals surface area contributed by atoms with Crippen LogP contribution >= 0.6 is 12.2 Å². The van der Waals surface area contributed by atoms with Crippen molar-refractivity contribution in [1.82, 2.24) is 16.2 Å². The Balaban J connectivity index is 1.41. The molecule has 2 amide bonds.